The van der Waals surface area contributed by atoms with E-state index < -0.39 is 6.04 Å². The maximum Gasteiger partial charge on any atom is 0.251 e. The van der Waals surface area contributed by atoms with E-state index in [1.807, 2.05) is 12.1 Å². The van der Waals surface area contributed by atoms with Crippen molar-refractivity contribution in [2.24, 2.45) is 0 Å². The Morgan fingerprint density at radius 1 is 1.04 bits per heavy atom. The Morgan fingerprint density at radius 3 is 2.44 bits per heavy atom. The second kappa shape index (κ2) is 6.96. The maximum atomic E-state index is 13.0. The predicted octanol–water partition coefficient (Wildman–Crippen LogP) is 2.34. The molecule has 1 N–H and O–H groups in total. The van der Waals surface area contributed by atoms with Crippen molar-refractivity contribution in [3.8, 4) is 0 Å². The van der Waals surface area contributed by atoms with Crippen LogP contribution >= 0.6 is 0 Å². The standard InChI is InChI=1S/C21H21N3O3/c1-14(25)22-17-6-8-18(9-7-17)24-20(26)12-19(21(24)27)23-11-10-15-4-2-3-5-16(15)13-23/h2-9,19H,10-13H2,1H3,(H,22,25)/t19-/m1/s1. The van der Waals surface area contributed by atoms with Crippen LogP contribution in [0.1, 0.15) is 24.5 Å². The smallest absolute Gasteiger partial charge is 0.251 e. The van der Waals surface area contributed by atoms with E-state index in [9.17, 15) is 14.4 Å². The summed E-state index contributed by atoms with van der Waals surface area (Å²) in [6.45, 7) is 2.90. The van der Waals surface area contributed by atoms with Gasteiger partial charge < -0.3 is 5.32 Å². The van der Waals surface area contributed by atoms with Crippen molar-refractivity contribution < 1.29 is 14.4 Å². The minimum Gasteiger partial charge on any atom is -0.326 e. The summed E-state index contributed by atoms with van der Waals surface area (Å²) in [5.41, 5.74) is 3.71. The fourth-order valence-electron chi connectivity index (χ4n) is 3.85. The number of hydrogen-bond donors (Lipinski definition) is 1. The molecule has 2 aromatic rings. The van der Waals surface area contributed by atoms with Gasteiger partial charge in [0.15, 0.2) is 0 Å². The van der Waals surface area contributed by atoms with E-state index in [0.29, 0.717) is 17.9 Å². The average molecular weight is 363 g/mol. The van der Waals surface area contributed by atoms with E-state index in [1.54, 1.807) is 24.3 Å². The average Bonchev–Trinajstić information content (AvgIpc) is 2.96. The SMILES string of the molecule is CC(=O)Nc1ccc(N2C(=O)C[C@@H](N3CCc4ccccc4C3)C2=O)cc1. The number of benzene rings is 2. The quantitative estimate of drug-likeness (QED) is 0.850. The summed E-state index contributed by atoms with van der Waals surface area (Å²) < 4.78 is 0. The molecule has 0 unspecified atom stereocenters. The van der Waals surface area contributed by atoms with Gasteiger partial charge in [0.25, 0.3) is 5.91 Å². The highest BCUT2D eigenvalue weighted by Gasteiger charge is 2.43. The van der Waals surface area contributed by atoms with Gasteiger partial charge in [-0.25, -0.2) is 4.90 Å². The molecule has 6 nitrogen and oxygen atoms in total. The lowest BCUT2D eigenvalue weighted by Gasteiger charge is -2.32. The molecule has 0 aromatic heterocycles. The molecule has 1 fully saturated rings. The van der Waals surface area contributed by atoms with Crippen LogP contribution in [0.4, 0.5) is 11.4 Å². The van der Waals surface area contributed by atoms with Gasteiger partial charge in [0.2, 0.25) is 11.8 Å². The van der Waals surface area contributed by atoms with E-state index in [-0.39, 0.29) is 24.1 Å². The van der Waals surface area contributed by atoms with Gasteiger partial charge in [-0.1, -0.05) is 24.3 Å². The minimum absolute atomic E-state index is 0.165. The fraction of sp³-hybridized carbons (Fsp3) is 0.286. The van der Waals surface area contributed by atoms with Crippen LogP contribution < -0.4 is 10.2 Å². The topological polar surface area (TPSA) is 69.7 Å². The van der Waals surface area contributed by atoms with Gasteiger partial charge in [0.05, 0.1) is 18.2 Å². The van der Waals surface area contributed by atoms with E-state index >= 15 is 0 Å². The van der Waals surface area contributed by atoms with Crippen LogP contribution in [-0.2, 0) is 27.3 Å². The predicted molar refractivity (Wildman–Crippen MR) is 102 cm³/mol. The zero-order chi connectivity index (χ0) is 19.0. The van der Waals surface area contributed by atoms with Gasteiger partial charge in [-0.15, -0.1) is 0 Å². The summed E-state index contributed by atoms with van der Waals surface area (Å²) in [5, 5.41) is 2.68. The van der Waals surface area contributed by atoms with Gasteiger partial charge in [0, 0.05) is 25.7 Å². The molecular formula is C21H21N3O3. The monoisotopic (exact) mass is 363 g/mol. The van der Waals surface area contributed by atoms with Crippen LogP contribution in [0.15, 0.2) is 48.5 Å². The van der Waals surface area contributed by atoms with Crippen molar-refractivity contribution in [2.45, 2.75) is 32.4 Å². The van der Waals surface area contributed by atoms with E-state index in [4.69, 9.17) is 0 Å². The summed E-state index contributed by atoms with van der Waals surface area (Å²) >= 11 is 0. The number of carbonyl (C=O) groups excluding carboxylic acids is 3. The second-order valence-electron chi connectivity index (χ2n) is 7.00. The molecule has 0 saturated carbocycles. The van der Waals surface area contributed by atoms with Crippen molar-refractivity contribution in [3.05, 3.63) is 59.7 Å². The number of anilines is 2. The molecule has 4 rings (SSSR count). The Hall–Kier alpha value is -2.99. The number of imide groups is 1. The van der Waals surface area contributed by atoms with E-state index in [1.165, 1.54) is 23.0 Å². The highest BCUT2D eigenvalue weighted by molar-refractivity contribution is 6.22. The van der Waals surface area contributed by atoms with Gasteiger partial charge in [-0.2, -0.15) is 0 Å². The van der Waals surface area contributed by atoms with Crippen molar-refractivity contribution >= 4 is 29.1 Å². The minimum atomic E-state index is -0.416. The normalized spacial score (nSPS) is 19.9. The van der Waals surface area contributed by atoms with Crippen LogP contribution in [0.2, 0.25) is 0 Å². The van der Waals surface area contributed by atoms with Crippen molar-refractivity contribution in [1.82, 2.24) is 4.90 Å². The first kappa shape index (κ1) is 17.4. The molecule has 2 heterocycles. The maximum absolute atomic E-state index is 13.0. The summed E-state index contributed by atoms with van der Waals surface area (Å²) in [6, 6.07) is 14.6. The van der Waals surface area contributed by atoms with Crippen LogP contribution in [0, 0.1) is 0 Å². The lowest BCUT2D eigenvalue weighted by atomic mass is 9.98. The molecule has 2 aromatic carbocycles. The van der Waals surface area contributed by atoms with E-state index in [0.717, 1.165) is 13.0 Å². The molecule has 0 aliphatic carbocycles. The summed E-state index contributed by atoms with van der Waals surface area (Å²) in [6.07, 6.45) is 1.09. The Morgan fingerprint density at radius 2 is 1.74 bits per heavy atom. The van der Waals surface area contributed by atoms with Gasteiger partial charge in [-0.05, 0) is 41.8 Å². The molecule has 27 heavy (non-hydrogen) atoms. The zero-order valence-corrected chi connectivity index (χ0v) is 15.1. The molecule has 0 radical (unpaired) electrons. The molecule has 6 heteroatoms. The number of nitrogens with zero attached hydrogens (tertiary/aromatic N) is 2. The zero-order valence-electron chi connectivity index (χ0n) is 15.1. The number of hydrogen-bond acceptors (Lipinski definition) is 4. The number of rotatable bonds is 3. The lowest BCUT2D eigenvalue weighted by molar-refractivity contribution is -0.123. The van der Waals surface area contributed by atoms with Crippen LogP contribution in [-0.4, -0.2) is 35.2 Å². The molecule has 1 saturated heterocycles. The highest BCUT2D eigenvalue weighted by atomic mass is 16.2. The Balaban J connectivity index is 1.52. The Labute approximate surface area is 157 Å². The molecule has 2 aliphatic rings. The molecule has 0 bridgehead atoms. The highest BCUT2D eigenvalue weighted by Crippen LogP contribution is 2.29. The van der Waals surface area contributed by atoms with E-state index in [2.05, 4.69) is 22.3 Å². The molecule has 1 atom stereocenters. The second-order valence-corrected chi connectivity index (χ2v) is 7.00. The number of fused-ring (bicyclic) bond motifs is 1. The van der Waals surface area contributed by atoms with Crippen LogP contribution in [0.25, 0.3) is 0 Å². The fourth-order valence-corrected chi connectivity index (χ4v) is 3.85. The third-order valence-electron chi connectivity index (χ3n) is 5.17. The molecule has 3 amide bonds. The van der Waals surface area contributed by atoms with Crippen molar-refractivity contribution in [1.29, 1.82) is 0 Å². The van der Waals surface area contributed by atoms with Gasteiger partial charge in [0.1, 0.15) is 0 Å². The van der Waals surface area contributed by atoms with Crippen molar-refractivity contribution in [3.63, 3.8) is 0 Å². The molecular weight excluding hydrogens is 342 g/mol. The largest absolute Gasteiger partial charge is 0.326 e. The summed E-state index contributed by atoms with van der Waals surface area (Å²) in [5.74, 6) is -0.524. The third kappa shape index (κ3) is 3.36. The number of carbonyl (C=O) groups is 3. The summed E-state index contributed by atoms with van der Waals surface area (Å²) in [4.78, 5) is 40.0. The molecule has 138 valence electrons. The first-order chi connectivity index (χ1) is 13.0. The first-order valence-electron chi connectivity index (χ1n) is 9.08. The number of amides is 3. The molecule has 2 aliphatic heterocycles. The number of nitrogens with one attached hydrogen (secondary N) is 1. The Kier molecular flexibility index (Phi) is 4.49. The van der Waals surface area contributed by atoms with Crippen LogP contribution in [0.3, 0.4) is 0 Å². The summed E-state index contributed by atoms with van der Waals surface area (Å²) in [7, 11) is 0. The molecule has 0 spiro atoms. The first-order valence-corrected chi connectivity index (χ1v) is 9.08. The van der Waals surface area contributed by atoms with Gasteiger partial charge >= 0.3 is 0 Å². The third-order valence-corrected chi connectivity index (χ3v) is 5.17. The van der Waals surface area contributed by atoms with Gasteiger partial charge in [-0.3, -0.25) is 19.3 Å². The Bertz CT molecular complexity index is 907. The van der Waals surface area contributed by atoms with Crippen molar-refractivity contribution in [2.75, 3.05) is 16.8 Å². The van der Waals surface area contributed by atoms with Crippen LogP contribution in [0.5, 0.6) is 0 Å². The lowest BCUT2D eigenvalue weighted by Crippen LogP contribution is -2.44.